The van der Waals surface area contributed by atoms with Gasteiger partial charge >= 0.3 is 0 Å². The zero-order chi connectivity index (χ0) is 17.8. The molecule has 0 aromatic heterocycles. The maximum atomic E-state index is 13.0. The van der Waals surface area contributed by atoms with E-state index in [2.05, 4.69) is 17.1 Å². The van der Waals surface area contributed by atoms with E-state index in [9.17, 15) is 4.79 Å². The SMILES string of the molecule is COc1ccc(OC)c(C2CCCN2C(=O)CN2CCNC[C@@H]2C)c1. The first kappa shape index (κ1) is 18.0. The molecule has 3 rings (SSSR count). The van der Waals surface area contributed by atoms with Crippen LogP contribution in [0.25, 0.3) is 0 Å². The minimum atomic E-state index is 0.0655. The largest absolute Gasteiger partial charge is 0.497 e. The molecular formula is C19H29N3O3. The molecule has 0 aliphatic carbocycles. The topological polar surface area (TPSA) is 54.0 Å². The Morgan fingerprint density at radius 3 is 2.84 bits per heavy atom. The van der Waals surface area contributed by atoms with Gasteiger partial charge in [0.25, 0.3) is 0 Å². The second-order valence-electron chi connectivity index (χ2n) is 6.88. The second kappa shape index (κ2) is 8.06. The summed E-state index contributed by atoms with van der Waals surface area (Å²) >= 11 is 0. The number of carbonyl (C=O) groups is 1. The zero-order valence-electron chi connectivity index (χ0n) is 15.5. The van der Waals surface area contributed by atoms with Gasteiger partial charge in [-0.2, -0.15) is 0 Å². The molecule has 1 aromatic rings. The molecule has 1 aromatic carbocycles. The zero-order valence-corrected chi connectivity index (χ0v) is 15.5. The summed E-state index contributed by atoms with van der Waals surface area (Å²) < 4.78 is 10.9. The Morgan fingerprint density at radius 2 is 2.12 bits per heavy atom. The van der Waals surface area contributed by atoms with E-state index in [4.69, 9.17) is 9.47 Å². The molecular weight excluding hydrogens is 318 g/mol. The Bertz CT molecular complexity index is 608. The summed E-state index contributed by atoms with van der Waals surface area (Å²) in [4.78, 5) is 17.3. The first-order chi connectivity index (χ1) is 12.1. The van der Waals surface area contributed by atoms with Crippen molar-refractivity contribution in [3.8, 4) is 11.5 Å². The van der Waals surface area contributed by atoms with E-state index < -0.39 is 0 Å². The summed E-state index contributed by atoms with van der Waals surface area (Å²) in [5.74, 6) is 1.83. The molecule has 0 bridgehead atoms. The van der Waals surface area contributed by atoms with E-state index in [1.807, 2.05) is 23.1 Å². The number of benzene rings is 1. The third-order valence-corrected chi connectivity index (χ3v) is 5.35. The van der Waals surface area contributed by atoms with Crippen molar-refractivity contribution in [3.05, 3.63) is 23.8 Å². The van der Waals surface area contributed by atoms with Gasteiger partial charge in [-0.15, -0.1) is 0 Å². The van der Waals surface area contributed by atoms with E-state index in [1.54, 1.807) is 14.2 Å². The predicted octanol–water partition coefficient (Wildman–Crippen LogP) is 1.66. The fourth-order valence-corrected chi connectivity index (χ4v) is 3.87. The fraction of sp³-hybridized carbons (Fsp3) is 0.632. The minimum Gasteiger partial charge on any atom is -0.497 e. The standard InChI is InChI=1S/C19H29N3O3/c1-14-12-20-8-10-21(14)13-19(23)22-9-4-5-17(22)16-11-15(24-2)6-7-18(16)25-3/h6-7,11,14,17,20H,4-5,8-10,12-13H2,1-3H3/t14-,17?/m0/s1. The number of piperazine rings is 1. The molecule has 2 aliphatic heterocycles. The van der Waals surface area contributed by atoms with E-state index >= 15 is 0 Å². The lowest BCUT2D eigenvalue weighted by Gasteiger charge is -2.35. The molecule has 1 N–H and O–H groups in total. The van der Waals surface area contributed by atoms with Gasteiger partial charge in [-0.05, 0) is 38.0 Å². The number of hydrogen-bond acceptors (Lipinski definition) is 5. The van der Waals surface area contributed by atoms with Crippen LogP contribution >= 0.6 is 0 Å². The second-order valence-corrected chi connectivity index (χ2v) is 6.88. The Labute approximate surface area is 150 Å². The summed E-state index contributed by atoms with van der Waals surface area (Å²) in [6, 6.07) is 6.28. The number of likely N-dealkylation sites (tertiary alicyclic amines) is 1. The van der Waals surface area contributed by atoms with Crippen molar-refractivity contribution in [1.82, 2.24) is 15.1 Å². The molecule has 1 unspecified atom stereocenters. The monoisotopic (exact) mass is 347 g/mol. The van der Waals surface area contributed by atoms with Gasteiger partial charge in [0.05, 0.1) is 26.8 Å². The number of amides is 1. The number of nitrogens with one attached hydrogen (secondary N) is 1. The molecule has 2 heterocycles. The lowest BCUT2D eigenvalue weighted by molar-refractivity contribution is -0.134. The van der Waals surface area contributed by atoms with Gasteiger partial charge in [0.1, 0.15) is 11.5 Å². The highest BCUT2D eigenvalue weighted by Crippen LogP contribution is 2.39. The maximum Gasteiger partial charge on any atom is 0.237 e. The molecule has 6 nitrogen and oxygen atoms in total. The number of hydrogen-bond donors (Lipinski definition) is 1. The molecule has 1 amide bonds. The highest BCUT2D eigenvalue weighted by Gasteiger charge is 2.33. The van der Waals surface area contributed by atoms with Crippen molar-refractivity contribution in [2.24, 2.45) is 0 Å². The molecule has 25 heavy (non-hydrogen) atoms. The van der Waals surface area contributed by atoms with Crippen molar-refractivity contribution < 1.29 is 14.3 Å². The molecule has 0 spiro atoms. The molecule has 2 atom stereocenters. The van der Waals surface area contributed by atoms with Gasteiger partial charge in [0.15, 0.2) is 0 Å². The van der Waals surface area contributed by atoms with Crippen LogP contribution in [0, 0.1) is 0 Å². The van der Waals surface area contributed by atoms with Crippen LogP contribution in [0.15, 0.2) is 18.2 Å². The van der Waals surface area contributed by atoms with Crippen LogP contribution in [0.4, 0.5) is 0 Å². The number of carbonyl (C=O) groups excluding carboxylic acids is 1. The lowest BCUT2D eigenvalue weighted by Crippen LogP contribution is -2.53. The van der Waals surface area contributed by atoms with Crippen LogP contribution in [0.1, 0.15) is 31.4 Å². The van der Waals surface area contributed by atoms with Crippen molar-refractivity contribution in [1.29, 1.82) is 0 Å². The average Bonchev–Trinajstić information content (AvgIpc) is 3.12. The lowest BCUT2D eigenvalue weighted by atomic mass is 10.0. The van der Waals surface area contributed by atoms with Crippen molar-refractivity contribution in [3.63, 3.8) is 0 Å². The fourth-order valence-electron chi connectivity index (χ4n) is 3.87. The van der Waals surface area contributed by atoms with Gasteiger partial charge in [-0.3, -0.25) is 9.69 Å². The summed E-state index contributed by atoms with van der Waals surface area (Å²) in [7, 11) is 3.34. The van der Waals surface area contributed by atoms with Crippen LogP contribution in [-0.4, -0.2) is 68.7 Å². The number of rotatable bonds is 5. The number of ether oxygens (including phenoxy) is 2. The third kappa shape index (κ3) is 3.90. The Hall–Kier alpha value is -1.79. The third-order valence-electron chi connectivity index (χ3n) is 5.35. The van der Waals surface area contributed by atoms with Crippen LogP contribution in [0.3, 0.4) is 0 Å². The van der Waals surface area contributed by atoms with Gasteiger partial charge in [0.2, 0.25) is 5.91 Å². The van der Waals surface area contributed by atoms with E-state index in [1.165, 1.54) is 0 Å². The van der Waals surface area contributed by atoms with E-state index in [-0.39, 0.29) is 11.9 Å². The molecule has 2 saturated heterocycles. The highest BCUT2D eigenvalue weighted by molar-refractivity contribution is 5.79. The van der Waals surface area contributed by atoms with E-state index in [0.29, 0.717) is 12.6 Å². The average molecular weight is 347 g/mol. The van der Waals surface area contributed by atoms with Crippen LogP contribution in [-0.2, 0) is 4.79 Å². The Morgan fingerprint density at radius 1 is 1.28 bits per heavy atom. The maximum absolute atomic E-state index is 13.0. The van der Waals surface area contributed by atoms with Crippen LogP contribution in [0.2, 0.25) is 0 Å². The first-order valence-corrected chi connectivity index (χ1v) is 9.10. The van der Waals surface area contributed by atoms with Crippen LogP contribution in [0.5, 0.6) is 11.5 Å². The smallest absolute Gasteiger partial charge is 0.237 e. The van der Waals surface area contributed by atoms with Crippen molar-refractivity contribution in [2.75, 3.05) is 46.9 Å². The predicted molar refractivity (Wildman–Crippen MR) is 97.1 cm³/mol. The summed E-state index contributed by atoms with van der Waals surface area (Å²) in [6.07, 6.45) is 1.99. The molecule has 2 fully saturated rings. The molecule has 6 heteroatoms. The summed E-state index contributed by atoms with van der Waals surface area (Å²) in [5, 5.41) is 3.37. The summed E-state index contributed by atoms with van der Waals surface area (Å²) in [5.41, 5.74) is 1.04. The molecule has 138 valence electrons. The van der Waals surface area contributed by atoms with E-state index in [0.717, 1.165) is 56.1 Å². The Kier molecular flexibility index (Phi) is 5.81. The quantitative estimate of drug-likeness (QED) is 0.878. The van der Waals surface area contributed by atoms with Gasteiger partial charge in [0, 0.05) is 37.8 Å². The summed E-state index contributed by atoms with van der Waals surface area (Å²) in [6.45, 7) is 6.29. The van der Waals surface area contributed by atoms with Crippen molar-refractivity contribution in [2.45, 2.75) is 31.8 Å². The van der Waals surface area contributed by atoms with Gasteiger partial charge in [-0.25, -0.2) is 0 Å². The minimum absolute atomic E-state index is 0.0655. The van der Waals surface area contributed by atoms with Gasteiger partial charge in [-0.1, -0.05) is 0 Å². The number of nitrogens with zero attached hydrogens (tertiary/aromatic N) is 2. The molecule has 0 radical (unpaired) electrons. The highest BCUT2D eigenvalue weighted by atomic mass is 16.5. The number of methoxy groups -OCH3 is 2. The molecule has 2 aliphatic rings. The Balaban J connectivity index is 1.77. The van der Waals surface area contributed by atoms with Crippen molar-refractivity contribution >= 4 is 5.91 Å². The van der Waals surface area contributed by atoms with Gasteiger partial charge < -0.3 is 19.7 Å². The van der Waals surface area contributed by atoms with Crippen LogP contribution < -0.4 is 14.8 Å². The molecule has 0 saturated carbocycles. The first-order valence-electron chi connectivity index (χ1n) is 9.10. The normalized spacial score (nSPS) is 24.4.